The van der Waals surface area contributed by atoms with Gasteiger partial charge in [0, 0.05) is 80.7 Å². The van der Waals surface area contributed by atoms with Gasteiger partial charge in [0.1, 0.15) is 74.9 Å². The second-order valence-corrected chi connectivity index (χ2v) is 27.5. The minimum absolute atomic E-state index is 0.0279. The molecular weight excluding hydrogens is 1380 g/mol. The maximum absolute atomic E-state index is 14.8. The van der Waals surface area contributed by atoms with Crippen molar-refractivity contribution in [1.29, 1.82) is 21.0 Å². The van der Waals surface area contributed by atoms with Crippen molar-refractivity contribution in [3.63, 3.8) is 0 Å². The topological polar surface area (TPSA) is 198 Å². The first-order chi connectivity index (χ1) is 46.8. The van der Waals surface area contributed by atoms with Crippen LogP contribution < -0.4 is 9.47 Å². The van der Waals surface area contributed by atoms with E-state index in [-0.39, 0.29) is 96.1 Å². The average molecular weight is 1410 g/mol. The van der Waals surface area contributed by atoms with Crippen LogP contribution in [0.2, 0.25) is 0 Å². The second-order valence-electron chi connectivity index (χ2n) is 22.7. The third kappa shape index (κ3) is 10.6. The smallest absolute Gasteiger partial charge is 0.416 e. The Labute approximate surface area is 567 Å². The maximum Gasteiger partial charge on any atom is 0.416 e. The molecule has 5 aromatic carbocycles. The van der Waals surface area contributed by atoms with Crippen LogP contribution in [0.3, 0.4) is 0 Å². The van der Waals surface area contributed by atoms with Crippen LogP contribution in [0.1, 0.15) is 91.5 Å². The van der Waals surface area contributed by atoms with E-state index in [1.54, 1.807) is 43.3 Å². The van der Waals surface area contributed by atoms with Gasteiger partial charge in [0.25, 0.3) is 0 Å². The number of benzene rings is 5. The fraction of sp³-hybridized carbons (Fsp3) is 0.127. The number of ether oxygens (including phenoxy) is 2. The Morgan fingerprint density at radius 3 is 1.45 bits per heavy atom. The maximum atomic E-state index is 14.8. The van der Waals surface area contributed by atoms with Gasteiger partial charge in [-0.1, -0.05) is 31.2 Å². The number of nitriles is 4. The van der Waals surface area contributed by atoms with Gasteiger partial charge in [-0.2, -0.15) is 56.1 Å². The number of fused-ring (bicyclic) bond motifs is 7. The average Bonchev–Trinajstić information content (AvgIpc) is 1.51. The van der Waals surface area contributed by atoms with E-state index in [1.807, 2.05) is 32.9 Å². The number of aromatic nitrogens is 2. The molecule has 4 aliphatic rings. The van der Waals surface area contributed by atoms with E-state index in [0.29, 0.717) is 85.8 Å². The number of thiophene rings is 4. The van der Waals surface area contributed by atoms with Gasteiger partial charge in [0.2, 0.25) is 0 Å². The number of halogens is 10. The molecule has 14 rings (SSSR count). The Morgan fingerprint density at radius 1 is 0.561 bits per heavy atom. The number of aryl methyl sites for hydroxylation is 1. The highest BCUT2D eigenvalue weighted by atomic mass is 32.1. The van der Waals surface area contributed by atoms with E-state index < -0.39 is 75.1 Å². The lowest BCUT2D eigenvalue weighted by Gasteiger charge is -2.31. The Morgan fingerprint density at radius 2 is 1.00 bits per heavy atom. The summed E-state index contributed by atoms with van der Waals surface area (Å²) in [7, 11) is 0. The fourth-order valence-corrected chi connectivity index (χ4v) is 17.7. The van der Waals surface area contributed by atoms with Gasteiger partial charge in [-0.25, -0.2) is 27.5 Å². The zero-order valence-corrected chi connectivity index (χ0v) is 54.4. The molecule has 0 atom stereocenters. The number of rotatable bonds is 10. The first kappa shape index (κ1) is 64.6. The van der Waals surface area contributed by atoms with Crippen LogP contribution in [0.15, 0.2) is 128 Å². The summed E-state index contributed by atoms with van der Waals surface area (Å²) in [5.41, 5.74) is -2.59. The number of hydrogen-bond acceptors (Lipinski definition) is 16. The highest BCUT2D eigenvalue weighted by Crippen LogP contribution is 2.61. The van der Waals surface area contributed by atoms with Crippen molar-refractivity contribution < 1.29 is 63.0 Å². The zero-order chi connectivity index (χ0) is 69.3. The molecule has 482 valence electrons. The first-order valence-corrected chi connectivity index (χ1v) is 33.1. The Bertz CT molecular complexity index is 5640. The predicted octanol–water partition coefficient (Wildman–Crippen LogP) is 20.9. The van der Waals surface area contributed by atoms with Crippen molar-refractivity contribution in [1.82, 2.24) is 9.97 Å². The van der Waals surface area contributed by atoms with Crippen LogP contribution >= 0.6 is 45.3 Å². The summed E-state index contributed by atoms with van der Waals surface area (Å²) < 4.78 is 167. The molecule has 0 saturated carbocycles. The van der Waals surface area contributed by atoms with Crippen LogP contribution in [0.4, 0.5) is 55.3 Å². The largest absolute Gasteiger partial charge is 0.492 e. The highest BCUT2D eigenvalue weighted by Gasteiger charge is 2.41. The van der Waals surface area contributed by atoms with Crippen LogP contribution in [0, 0.1) is 68.6 Å². The quantitative estimate of drug-likeness (QED) is 0.0721. The van der Waals surface area contributed by atoms with Gasteiger partial charge >= 0.3 is 12.4 Å². The van der Waals surface area contributed by atoms with Gasteiger partial charge in [0.15, 0.2) is 34.8 Å². The Balaban J connectivity index is 0.992. The number of ketones is 2. The Hall–Kier alpha value is -10.8. The summed E-state index contributed by atoms with van der Waals surface area (Å²) in [6, 6.07) is 25.2. The lowest BCUT2D eigenvalue weighted by molar-refractivity contribution is -0.138. The van der Waals surface area contributed by atoms with Gasteiger partial charge < -0.3 is 9.47 Å². The van der Waals surface area contributed by atoms with Gasteiger partial charge in [-0.3, -0.25) is 9.59 Å². The number of Topliss-reactive ketones (excluding diaryl/α,β-unsaturated/α-hetero) is 2. The van der Waals surface area contributed by atoms with Crippen molar-refractivity contribution in [2.45, 2.75) is 52.1 Å². The van der Waals surface area contributed by atoms with E-state index in [9.17, 15) is 74.5 Å². The van der Waals surface area contributed by atoms with Crippen molar-refractivity contribution >= 4 is 114 Å². The van der Waals surface area contributed by atoms with Gasteiger partial charge in [0.05, 0.1) is 60.0 Å². The van der Waals surface area contributed by atoms with Crippen molar-refractivity contribution in [2.75, 3.05) is 6.61 Å². The second kappa shape index (κ2) is 23.8. The van der Waals surface area contributed by atoms with Crippen molar-refractivity contribution in [2.24, 2.45) is 8.73 Å². The zero-order valence-electron chi connectivity index (χ0n) is 50.3. The summed E-state index contributed by atoms with van der Waals surface area (Å²) in [5, 5.41) is 40.1. The minimum Gasteiger partial charge on any atom is -0.492 e. The molecule has 98 heavy (non-hydrogen) atoms. The van der Waals surface area contributed by atoms with E-state index in [4.69, 9.17) is 28.2 Å². The number of alkyl halides is 6. The molecule has 0 spiro atoms. The standard InChI is InChI=1S/C71H34F10N8O4S5/c1-5-29-15-51(96-65(29)67-49(92-6-2)18-36(94-67)16-42-53(32(25-82)26-83)38-20-45(72)47(74)22-40(38)63(42)90)55-59-60(87-58(31-9-13-35(14-10-31)71(79,80)81)57(86-59)30-7-11-34(12-8-30)70(76,77)78)56(62-61(55)88-98-89-62)52-24-44-66(97-52)68-50(93-69(44,3)4)19-37(95-68)17-43-54(33(27-84)28-85)39-21-46(73)48(75)23-41(39)64(43)91/h7-24H,5-6H2,1-4H3/b42-16-,43-17-. The minimum atomic E-state index is -4.76. The Kier molecular flexibility index (Phi) is 15.7. The van der Waals surface area contributed by atoms with E-state index in [0.717, 1.165) is 76.0 Å². The molecule has 12 nitrogen and oxygen atoms in total. The van der Waals surface area contributed by atoms with Gasteiger partial charge in [-0.05, 0) is 129 Å². The molecule has 0 unspecified atom stereocenters. The third-order valence-electron chi connectivity index (χ3n) is 16.6. The molecule has 0 fully saturated rings. The van der Waals surface area contributed by atoms with E-state index in [2.05, 4.69) is 0 Å². The SMILES string of the molecule is CCOc1cc(/C=C2\C(=O)c3cc(F)c(F)cc3C2=C(C#N)C#N)sc1-c1sc(-c2c3c(c(-c4cc5c(s4)-c4sc(/C=C6\C(=O)c7cc(F)c(F)cc7C6=C(C#N)C#N)cc4OC5(C)C)c4nc(-c5ccc(C(F)(F)F)cc5)c(-c5ccc(C(F)(F)F)cc5)nc24)N=S=N3)cc1CC. The first-order valence-electron chi connectivity index (χ1n) is 29.1. The third-order valence-corrected chi connectivity index (χ3v) is 21.9. The molecule has 5 aromatic heterocycles. The van der Waals surface area contributed by atoms with Crippen LogP contribution in [0.5, 0.6) is 11.5 Å². The summed E-state index contributed by atoms with van der Waals surface area (Å²) in [6.45, 7) is 7.42. The van der Waals surface area contributed by atoms with Crippen LogP contribution in [-0.2, 0) is 35.7 Å². The number of allylic oxidation sites excluding steroid dienone is 6. The highest BCUT2D eigenvalue weighted by molar-refractivity contribution is 7.58. The summed E-state index contributed by atoms with van der Waals surface area (Å²) in [4.78, 5) is 43.0. The lowest BCUT2D eigenvalue weighted by atomic mass is 9.93. The molecule has 2 aliphatic heterocycles. The normalized spacial score (nSPS) is 14.9. The molecule has 7 heterocycles. The van der Waals surface area contributed by atoms with Crippen molar-refractivity contribution in [3.8, 4) is 98.7 Å². The predicted molar refractivity (Wildman–Crippen MR) is 353 cm³/mol. The van der Waals surface area contributed by atoms with Gasteiger partial charge in [-0.15, -0.1) is 45.3 Å². The summed E-state index contributed by atoms with van der Waals surface area (Å²) in [6.07, 6.45) is -6.32. The molecule has 0 saturated heterocycles. The molecule has 0 bridgehead atoms. The monoisotopic (exact) mass is 1410 g/mol. The number of carbonyl (C=O) groups excluding carboxylic acids is 2. The molecule has 0 radical (unpaired) electrons. The van der Waals surface area contributed by atoms with E-state index in [1.165, 1.54) is 59.1 Å². The number of carbonyl (C=O) groups is 2. The van der Waals surface area contributed by atoms with Crippen LogP contribution in [-0.4, -0.2) is 28.1 Å². The van der Waals surface area contributed by atoms with Crippen LogP contribution in [0.25, 0.3) is 97.2 Å². The number of hydrogen-bond donors (Lipinski definition) is 0. The van der Waals surface area contributed by atoms with E-state index >= 15 is 0 Å². The molecular formula is C71H34F10N8O4S5. The molecule has 27 heteroatoms. The molecule has 0 amide bonds. The molecule has 2 aliphatic carbocycles. The van der Waals surface area contributed by atoms with Crippen molar-refractivity contribution in [3.05, 3.63) is 197 Å². The lowest BCUT2D eigenvalue weighted by Crippen LogP contribution is -2.27. The molecule has 0 N–H and O–H groups in total. The number of nitrogens with zero attached hydrogens (tertiary/aromatic N) is 8. The summed E-state index contributed by atoms with van der Waals surface area (Å²) in [5.74, 6) is -6.06. The fourth-order valence-electron chi connectivity index (χ4n) is 12.1. The molecule has 10 aromatic rings. The summed E-state index contributed by atoms with van der Waals surface area (Å²) >= 11 is 5.70.